The average molecular weight is 641 g/mol. The van der Waals surface area contributed by atoms with Crippen molar-refractivity contribution >= 4 is 50.0 Å². The molecule has 3 aromatic heterocycles. The van der Waals surface area contributed by atoms with Crippen LogP contribution in [0.25, 0.3) is 78.5 Å². The second-order valence-electron chi connectivity index (χ2n) is 12.4. The van der Waals surface area contributed by atoms with E-state index in [4.69, 9.17) is 19.9 Å². The Kier molecular flexibility index (Phi) is 6.39. The van der Waals surface area contributed by atoms with Crippen molar-refractivity contribution in [1.82, 2.24) is 24.5 Å². The summed E-state index contributed by atoms with van der Waals surface area (Å²) < 4.78 is 2.38. The molecule has 9 aromatic rings. The van der Waals surface area contributed by atoms with Crippen LogP contribution in [0.1, 0.15) is 5.56 Å². The van der Waals surface area contributed by atoms with Crippen molar-refractivity contribution in [3.63, 3.8) is 0 Å². The van der Waals surface area contributed by atoms with Crippen molar-refractivity contribution in [3.05, 3.63) is 170 Å². The van der Waals surface area contributed by atoms with Gasteiger partial charge in [-0.3, -0.25) is 4.98 Å². The maximum atomic E-state index is 4.95. The first-order valence-electron chi connectivity index (χ1n) is 16.6. The Hall–Kier alpha value is -6.92. The summed E-state index contributed by atoms with van der Waals surface area (Å²) in [6.45, 7) is 0. The monoisotopic (exact) mass is 640 g/mol. The van der Waals surface area contributed by atoms with Crippen molar-refractivity contribution in [2.24, 2.45) is 0 Å². The van der Waals surface area contributed by atoms with Crippen LogP contribution in [0.4, 0.5) is 11.4 Å². The van der Waals surface area contributed by atoms with Crippen LogP contribution in [-0.2, 0) is 0 Å². The van der Waals surface area contributed by atoms with E-state index < -0.39 is 0 Å². The van der Waals surface area contributed by atoms with E-state index in [2.05, 4.69) is 107 Å². The van der Waals surface area contributed by atoms with Crippen LogP contribution in [0.2, 0.25) is 0 Å². The molecule has 10 rings (SSSR count). The van der Waals surface area contributed by atoms with Crippen LogP contribution in [0.15, 0.2) is 164 Å². The van der Waals surface area contributed by atoms with Gasteiger partial charge in [0.2, 0.25) is 0 Å². The molecular weight excluding hydrogens is 613 g/mol. The molecule has 1 aliphatic rings. The van der Waals surface area contributed by atoms with Crippen molar-refractivity contribution in [3.8, 4) is 39.9 Å². The van der Waals surface area contributed by atoms with Crippen LogP contribution in [0, 0.1) is 0 Å². The normalized spacial score (nSPS) is 12.3. The minimum Gasteiger partial charge on any atom is -0.315 e. The quantitative estimate of drug-likeness (QED) is 0.187. The lowest BCUT2D eigenvalue weighted by Crippen LogP contribution is -2.12. The molecule has 4 heterocycles. The van der Waals surface area contributed by atoms with Gasteiger partial charge in [0.1, 0.15) is 0 Å². The van der Waals surface area contributed by atoms with Crippen molar-refractivity contribution in [2.45, 2.75) is 0 Å². The highest BCUT2D eigenvalue weighted by atomic mass is 15.1. The Morgan fingerprint density at radius 2 is 1.10 bits per heavy atom. The summed E-state index contributed by atoms with van der Waals surface area (Å²) in [7, 11) is 0. The van der Waals surface area contributed by atoms with Gasteiger partial charge in [-0.15, -0.1) is 0 Å². The van der Waals surface area contributed by atoms with Gasteiger partial charge in [0.05, 0.1) is 28.6 Å². The standard InChI is InChI=1S/C44H28N6/c1-4-13-29(14-5-1)42-46-43(30-15-6-2-7-16-30)48-44(47-42)32-25-34(28-45-27-32)49-24-23-36-40-31(17-12-22-38(40)49)26-39-41(36)35-20-10-11-21-37(35)50(39)33-18-8-3-9-19-33/h1-28H. The number of aromatic nitrogens is 5. The molecule has 0 bridgehead atoms. The predicted molar refractivity (Wildman–Crippen MR) is 203 cm³/mol. The number of para-hydroxylation sites is 2. The van der Waals surface area contributed by atoms with Gasteiger partial charge in [0.25, 0.3) is 0 Å². The first kappa shape index (κ1) is 28.1. The van der Waals surface area contributed by atoms with E-state index in [1.165, 1.54) is 38.1 Å². The van der Waals surface area contributed by atoms with Gasteiger partial charge in [-0.25, -0.2) is 15.0 Å². The van der Waals surface area contributed by atoms with E-state index in [9.17, 15) is 0 Å². The van der Waals surface area contributed by atoms with Crippen molar-refractivity contribution in [2.75, 3.05) is 4.90 Å². The molecule has 0 saturated carbocycles. The zero-order valence-electron chi connectivity index (χ0n) is 26.8. The van der Waals surface area contributed by atoms with E-state index in [1.807, 2.05) is 73.1 Å². The number of fused-ring (bicyclic) bond motifs is 4. The van der Waals surface area contributed by atoms with Gasteiger partial charge >= 0.3 is 0 Å². The first-order valence-corrected chi connectivity index (χ1v) is 16.6. The van der Waals surface area contributed by atoms with Crippen LogP contribution in [-0.4, -0.2) is 24.5 Å². The Labute approximate surface area is 288 Å². The molecular formula is C44H28N6. The maximum Gasteiger partial charge on any atom is 0.165 e. The molecule has 6 heteroatoms. The zero-order valence-corrected chi connectivity index (χ0v) is 26.8. The second-order valence-corrected chi connectivity index (χ2v) is 12.4. The fourth-order valence-corrected chi connectivity index (χ4v) is 7.22. The van der Waals surface area contributed by atoms with Gasteiger partial charge in [0.15, 0.2) is 17.5 Å². The molecule has 6 aromatic carbocycles. The summed E-state index contributed by atoms with van der Waals surface area (Å²) in [5, 5.41) is 4.88. The molecule has 0 radical (unpaired) electrons. The third-order valence-corrected chi connectivity index (χ3v) is 9.44. The number of nitrogens with zero attached hydrogens (tertiary/aromatic N) is 6. The van der Waals surface area contributed by atoms with E-state index >= 15 is 0 Å². The molecule has 234 valence electrons. The highest BCUT2D eigenvalue weighted by Gasteiger charge is 2.23. The molecule has 0 fully saturated rings. The summed E-state index contributed by atoms with van der Waals surface area (Å²) in [5.41, 5.74) is 9.45. The third kappa shape index (κ3) is 4.50. The molecule has 1 aliphatic heterocycles. The molecule has 0 aliphatic carbocycles. The number of rotatable bonds is 5. The average Bonchev–Trinajstić information content (AvgIpc) is 3.53. The fraction of sp³-hybridized carbons (Fsp3) is 0. The Bertz CT molecular complexity index is 2700. The molecule has 0 saturated heterocycles. The molecule has 6 nitrogen and oxygen atoms in total. The largest absolute Gasteiger partial charge is 0.315 e. The van der Waals surface area contributed by atoms with Gasteiger partial charge in [-0.05, 0) is 53.4 Å². The Balaban J connectivity index is 1.13. The van der Waals surface area contributed by atoms with Gasteiger partial charge < -0.3 is 9.47 Å². The van der Waals surface area contributed by atoms with Crippen molar-refractivity contribution in [1.29, 1.82) is 0 Å². The molecule has 0 atom stereocenters. The lowest BCUT2D eigenvalue weighted by molar-refractivity contribution is 1.07. The van der Waals surface area contributed by atoms with E-state index in [-0.39, 0.29) is 0 Å². The number of pyridine rings is 1. The first-order chi connectivity index (χ1) is 24.8. The predicted octanol–water partition coefficient (Wildman–Crippen LogP) is 10.6. The smallest absolute Gasteiger partial charge is 0.165 e. The Morgan fingerprint density at radius 3 is 1.82 bits per heavy atom. The summed E-state index contributed by atoms with van der Waals surface area (Å²) in [5.74, 6) is 1.81. The van der Waals surface area contributed by atoms with Crippen LogP contribution in [0.3, 0.4) is 0 Å². The SMILES string of the molecule is C1=CN(c2cncc(-c3nc(-c4ccccc4)nc(-c4ccccc4)n3)c2)c2cccc3cc4c(c1c23)c1ccccc1n4-c1ccccc1. The van der Waals surface area contributed by atoms with Gasteiger partial charge in [-0.2, -0.15) is 0 Å². The second kappa shape index (κ2) is 11.4. The topological polar surface area (TPSA) is 59.7 Å². The summed E-state index contributed by atoms with van der Waals surface area (Å²) >= 11 is 0. The lowest BCUT2D eigenvalue weighted by Gasteiger charge is -2.27. The zero-order chi connectivity index (χ0) is 33.0. The maximum absolute atomic E-state index is 4.95. The number of benzene rings is 6. The van der Waals surface area contributed by atoms with Crippen LogP contribution < -0.4 is 4.90 Å². The van der Waals surface area contributed by atoms with Crippen LogP contribution >= 0.6 is 0 Å². The van der Waals surface area contributed by atoms with Crippen molar-refractivity contribution < 1.29 is 0 Å². The van der Waals surface area contributed by atoms with Gasteiger partial charge in [-0.1, -0.05) is 109 Å². The molecule has 0 spiro atoms. The molecule has 0 N–H and O–H groups in total. The number of anilines is 2. The van der Waals surface area contributed by atoms with E-state index in [0.717, 1.165) is 33.8 Å². The van der Waals surface area contributed by atoms with Gasteiger partial charge in [0, 0.05) is 50.9 Å². The lowest BCUT2D eigenvalue weighted by atomic mass is 9.94. The summed E-state index contributed by atoms with van der Waals surface area (Å²) in [4.78, 5) is 21.7. The van der Waals surface area contributed by atoms with Crippen LogP contribution in [0.5, 0.6) is 0 Å². The number of hydrogen-bond acceptors (Lipinski definition) is 5. The summed E-state index contributed by atoms with van der Waals surface area (Å²) in [6, 6.07) is 50.3. The third-order valence-electron chi connectivity index (χ3n) is 9.44. The minimum atomic E-state index is 0.571. The Morgan fingerprint density at radius 1 is 0.460 bits per heavy atom. The molecule has 0 unspecified atom stereocenters. The molecule has 0 amide bonds. The van der Waals surface area contributed by atoms with E-state index in [0.29, 0.717) is 17.5 Å². The molecule has 50 heavy (non-hydrogen) atoms. The number of hydrogen-bond donors (Lipinski definition) is 0. The highest BCUT2D eigenvalue weighted by Crippen LogP contribution is 2.45. The minimum absolute atomic E-state index is 0.571. The fourth-order valence-electron chi connectivity index (χ4n) is 7.22. The summed E-state index contributed by atoms with van der Waals surface area (Å²) in [6.07, 6.45) is 8.13. The highest BCUT2D eigenvalue weighted by molar-refractivity contribution is 6.22. The van der Waals surface area contributed by atoms with E-state index in [1.54, 1.807) is 0 Å².